The van der Waals surface area contributed by atoms with Gasteiger partial charge in [0.05, 0.1) is 5.56 Å². The summed E-state index contributed by atoms with van der Waals surface area (Å²) in [5.41, 5.74) is 6.85. The van der Waals surface area contributed by atoms with Crippen LogP contribution in [0.3, 0.4) is 0 Å². The topological polar surface area (TPSA) is 65.5 Å². The van der Waals surface area contributed by atoms with Gasteiger partial charge in [0.25, 0.3) is 5.91 Å². The van der Waals surface area contributed by atoms with E-state index in [-0.39, 0.29) is 0 Å². The Hall–Kier alpha value is -2.75. The van der Waals surface area contributed by atoms with Gasteiger partial charge < -0.3 is 14.9 Å². The first-order valence-corrected chi connectivity index (χ1v) is 6.69. The Labute approximate surface area is 122 Å². The monoisotopic (exact) mass is 281 g/mol. The highest BCUT2D eigenvalue weighted by Crippen LogP contribution is 2.34. The van der Waals surface area contributed by atoms with Crippen LogP contribution in [0.5, 0.6) is 5.75 Å². The maximum atomic E-state index is 11.2. The van der Waals surface area contributed by atoms with E-state index in [1.807, 2.05) is 48.5 Å². The Morgan fingerprint density at radius 2 is 1.86 bits per heavy atom. The first-order chi connectivity index (χ1) is 10.1. The van der Waals surface area contributed by atoms with E-state index in [1.165, 1.54) is 0 Å². The van der Waals surface area contributed by atoms with E-state index in [1.54, 1.807) is 13.0 Å². The van der Waals surface area contributed by atoms with Crippen LogP contribution in [0.4, 0.5) is 0 Å². The van der Waals surface area contributed by atoms with Gasteiger partial charge in [-0.2, -0.15) is 0 Å². The fourth-order valence-corrected chi connectivity index (χ4v) is 2.14. The standard InChI is InChI=1S/C17H15NO3/c1-11(17(18)19)20-15-9-5-3-7-13(15)16-10-12-6-2-4-8-14(12)21-16/h2-11H,1H3,(H2,18,19)/t11-/m1/s1. The number of rotatable bonds is 4. The molecule has 4 nitrogen and oxygen atoms in total. The van der Waals surface area contributed by atoms with Gasteiger partial charge in [-0.15, -0.1) is 0 Å². The van der Waals surface area contributed by atoms with Crippen molar-refractivity contribution in [1.29, 1.82) is 0 Å². The van der Waals surface area contributed by atoms with E-state index in [4.69, 9.17) is 14.9 Å². The Kier molecular flexibility index (Phi) is 3.36. The van der Waals surface area contributed by atoms with Crippen LogP contribution in [0.15, 0.2) is 59.0 Å². The highest BCUT2D eigenvalue weighted by molar-refractivity contribution is 5.84. The summed E-state index contributed by atoms with van der Waals surface area (Å²) in [5.74, 6) is 0.765. The second-order valence-corrected chi connectivity index (χ2v) is 4.81. The van der Waals surface area contributed by atoms with Crippen LogP contribution in [0.1, 0.15) is 6.92 Å². The predicted molar refractivity (Wildman–Crippen MR) is 80.9 cm³/mol. The number of carbonyl (C=O) groups excluding carboxylic acids is 1. The number of fused-ring (bicyclic) bond motifs is 1. The molecule has 0 spiro atoms. The molecule has 0 fully saturated rings. The van der Waals surface area contributed by atoms with E-state index in [9.17, 15) is 4.79 Å². The molecule has 0 radical (unpaired) electrons. The zero-order chi connectivity index (χ0) is 14.8. The minimum Gasteiger partial charge on any atom is -0.480 e. The van der Waals surface area contributed by atoms with Crippen molar-refractivity contribution in [1.82, 2.24) is 0 Å². The van der Waals surface area contributed by atoms with Crippen molar-refractivity contribution >= 4 is 16.9 Å². The average molecular weight is 281 g/mol. The molecule has 0 unspecified atom stereocenters. The third kappa shape index (κ3) is 2.60. The van der Waals surface area contributed by atoms with Crippen LogP contribution in [0.2, 0.25) is 0 Å². The molecule has 0 aliphatic heterocycles. The van der Waals surface area contributed by atoms with Crippen molar-refractivity contribution in [3.8, 4) is 17.1 Å². The number of furan rings is 1. The van der Waals surface area contributed by atoms with Gasteiger partial charge >= 0.3 is 0 Å². The molecule has 1 atom stereocenters. The molecular formula is C17H15NO3. The highest BCUT2D eigenvalue weighted by Gasteiger charge is 2.15. The molecule has 2 N–H and O–H groups in total. The Morgan fingerprint density at radius 1 is 1.14 bits per heavy atom. The van der Waals surface area contributed by atoms with Gasteiger partial charge in [0, 0.05) is 5.39 Å². The zero-order valence-corrected chi connectivity index (χ0v) is 11.6. The van der Waals surface area contributed by atoms with E-state index in [2.05, 4.69) is 0 Å². The number of amides is 1. The van der Waals surface area contributed by atoms with E-state index < -0.39 is 12.0 Å². The molecule has 3 rings (SSSR count). The van der Waals surface area contributed by atoms with Crippen molar-refractivity contribution in [2.24, 2.45) is 5.73 Å². The molecule has 21 heavy (non-hydrogen) atoms. The summed E-state index contributed by atoms with van der Waals surface area (Å²) in [6, 6.07) is 17.1. The first-order valence-electron chi connectivity index (χ1n) is 6.69. The lowest BCUT2D eigenvalue weighted by atomic mass is 10.1. The van der Waals surface area contributed by atoms with Gasteiger partial charge in [-0.25, -0.2) is 0 Å². The van der Waals surface area contributed by atoms with Gasteiger partial charge in [-0.1, -0.05) is 30.3 Å². The van der Waals surface area contributed by atoms with Crippen LogP contribution in [0.25, 0.3) is 22.3 Å². The lowest BCUT2D eigenvalue weighted by Crippen LogP contribution is -2.30. The number of carbonyl (C=O) groups is 1. The van der Waals surface area contributed by atoms with E-state index in [0.717, 1.165) is 16.5 Å². The number of hydrogen-bond donors (Lipinski definition) is 1. The lowest BCUT2D eigenvalue weighted by molar-refractivity contribution is -0.123. The molecule has 0 aliphatic carbocycles. The maximum absolute atomic E-state index is 11.2. The quantitative estimate of drug-likeness (QED) is 0.797. The number of benzene rings is 2. The van der Waals surface area contributed by atoms with Crippen molar-refractivity contribution in [2.75, 3.05) is 0 Å². The van der Waals surface area contributed by atoms with Crippen LogP contribution < -0.4 is 10.5 Å². The first kappa shape index (κ1) is 13.2. The second kappa shape index (κ2) is 5.32. The number of primary amides is 1. The third-order valence-electron chi connectivity index (χ3n) is 3.28. The van der Waals surface area contributed by atoms with E-state index >= 15 is 0 Å². The van der Waals surface area contributed by atoms with Gasteiger partial charge in [0.1, 0.15) is 17.1 Å². The van der Waals surface area contributed by atoms with E-state index in [0.29, 0.717) is 11.5 Å². The molecule has 3 aromatic rings. The molecule has 1 amide bonds. The summed E-state index contributed by atoms with van der Waals surface area (Å²) < 4.78 is 11.5. The third-order valence-corrected chi connectivity index (χ3v) is 3.28. The lowest BCUT2D eigenvalue weighted by Gasteiger charge is -2.13. The summed E-state index contributed by atoms with van der Waals surface area (Å²) in [4.78, 5) is 11.2. The molecule has 1 heterocycles. The predicted octanol–water partition coefficient (Wildman–Crippen LogP) is 3.35. The summed E-state index contributed by atoms with van der Waals surface area (Å²) in [5, 5.41) is 1.02. The van der Waals surface area contributed by atoms with Crippen molar-refractivity contribution in [3.05, 3.63) is 54.6 Å². The van der Waals surface area contributed by atoms with Crippen molar-refractivity contribution in [2.45, 2.75) is 13.0 Å². The smallest absolute Gasteiger partial charge is 0.258 e. The molecular weight excluding hydrogens is 266 g/mol. The average Bonchev–Trinajstić information content (AvgIpc) is 2.91. The van der Waals surface area contributed by atoms with Gasteiger partial charge in [0.2, 0.25) is 0 Å². The van der Waals surface area contributed by atoms with Gasteiger partial charge in [0.15, 0.2) is 6.10 Å². The molecule has 2 aromatic carbocycles. The van der Waals surface area contributed by atoms with Crippen LogP contribution >= 0.6 is 0 Å². The Morgan fingerprint density at radius 3 is 2.62 bits per heavy atom. The minimum absolute atomic E-state index is 0.505. The summed E-state index contributed by atoms with van der Waals surface area (Å²) in [7, 11) is 0. The number of nitrogens with two attached hydrogens (primary N) is 1. The molecule has 106 valence electrons. The summed E-state index contributed by atoms with van der Waals surface area (Å²) in [6.45, 7) is 1.62. The fourth-order valence-electron chi connectivity index (χ4n) is 2.14. The number of ether oxygens (including phenoxy) is 1. The van der Waals surface area contributed by atoms with Gasteiger partial charge in [-0.3, -0.25) is 4.79 Å². The normalized spacial score (nSPS) is 12.2. The van der Waals surface area contributed by atoms with Crippen molar-refractivity contribution < 1.29 is 13.9 Å². The minimum atomic E-state index is -0.699. The molecule has 4 heteroatoms. The van der Waals surface area contributed by atoms with Gasteiger partial charge in [-0.05, 0) is 31.2 Å². The summed E-state index contributed by atoms with van der Waals surface area (Å²) in [6.07, 6.45) is -0.699. The highest BCUT2D eigenvalue weighted by atomic mass is 16.5. The second-order valence-electron chi connectivity index (χ2n) is 4.81. The Bertz CT molecular complexity index is 758. The Balaban J connectivity index is 2.03. The number of hydrogen-bond acceptors (Lipinski definition) is 3. The van der Waals surface area contributed by atoms with Crippen LogP contribution in [-0.2, 0) is 4.79 Å². The maximum Gasteiger partial charge on any atom is 0.258 e. The molecule has 1 aromatic heterocycles. The largest absolute Gasteiger partial charge is 0.480 e. The number of para-hydroxylation sites is 2. The molecule has 0 aliphatic rings. The zero-order valence-electron chi connectivity index (χ0n) is 11.6. The van der Waals surface area contributed by atoms with Crippen LogP contribution in [0, 0.1) is 0 Å². The van der Waals surface area contributed by atoms with Crippen molar-refractivity contribution in [3.63, 3.8) is 0 Å². The SMILES string of the molecule is C[C@@H](Oc1ccccc1-c1cc2ccccc2o1)C(N)=O. The molecule has 0 saturated heterocycles. The fraction of sp³-hybridized carbons (Fsp3) is 0.118. The summed E-state index contributed by atoms with van der Waals surface area (Å²) >= 11 is 0. The molecule has 0 saturated carbocycles. The van der Waals surface area contributed by atoms with Crippen LogP contribution in [-0.4, -0.2) is 12.0 Å². The molecule has 0 bridgehead atoms.